The first-order chi connectivity index (χ1) is 8.91. The predicted octanol–water partition coefficient (Wildman–Crippen LogP) is 3.23. The summed E-state index contributed by atoms with van der Waals surface area (Å²) in [6.45, 7) is 7.63. The van der Waals surface area contributed by atoms with Crippen LogP contribution in [0.2, 0.25) is 0 Å². The minimum atomic E-state index is -3.30. The Hall–Kier alpha value is -0.870. The Kier molecular flexibility index (Phi) is 4.31. The van der Waals surface area contributed by atoms with Crippen LogP contribution in [-0.2, 0) is 10.0 Å². The highest BCUT2D eigenvalue weighted by Crippen LogP contribution is 2.24. The second-order valence-corrected chi connectivity index (χ2v) is 7.77. The molecule has 0 aromatic heterocycles. The highest BCUT2D eigenvalue weighted by Gasteiger charge is 2.28. The third kappa shape index (κ3) is 3.18. The van der Waals surface area contributed by atoms with Crippen molar-refractivity contribution in [2.24, 2.45) is 5.92 Å². The van der Waals surface area contributed by atoms with E-state index in [1.807, 2.05) is 12.1 Å². The Morgan fingerprint density at radius 3 is 2.37 bits per heavy atom. The molecule has 4 heteroatoms. The average Bonchev–Trinajstić information content (AvgIpc) is 2.39. The zero-order valence-corrected chi connectivity index (χ0v) is 12.8. The highest BCUT2D eigenvalue weighted by atomic mass is 32.2. The van der Waals surface area contributed by atoms with E-state index >= 15 is 0 Å². The average molecular weight is 281 g/mol. The third-order valence-electron chi connectivity index (χ3n) is 3.80. The molecule has 106 valence electrons. The zero-order chi connectivity index (χ0) is 14.0. The van der Waals surface area contributed by atoms with E-state index in [0.29, 0.717) is 29.8 Å². The van der Waals surface area contributed by atoms with Crippen LogP contribution in [0.15, 0.2) is 29.2 Å². The standard InChI is InChI=1S/C15H23NO2S/c1-12(2)14-6-8-15(9-7-14)19(17,18)16-10-4-5-13(3)11-16/h6-9,12-13H,4-5,10-11H2,1-3H3/t13-/m1/s1. The molecular weight excluding hydrogens is 258 g/mol. The number of nitrogens with zero attached hydrogens (tertiary/aromatic N) is 1. The Labute approximate surface area is 116 Å². The Morgan fingerprint density at radius 2 is 1.84 bits per heavy atom. The van der Waals surface area contributed by atoms with Gasteiger partial charge in [0.15, 0.2) is 0 Å². The van der Waals surface area contributed by atoms with Crippen molar-refractivity contribution in [3.8, 4) is 0 Å². The molecule has 1 aliphatic rings. The zero-order valence-electron chi connectivity index (χ0n) is 12.0. The first-order valence-electron chi connectivity index (χ1n) is 7.01. The molecule has 0 amide bonds. The van der Waals surface area contributed by atoms with Crippen LogP contribution in [-0.4, -0.2) is 25.8 Å². The third-order valence-corrected chi connectivity index (χ3v) is 5.68. The summed E-state index contributed by atoms with van der Waals surface area (Å²) in [5, 5.41) is 0. The van der Waals surface area contributed by atoms with Crippen LogP contribution in [0.4, 0.5) is 0 Å². The number of rotatable bonds is 3. The summed E-state index contributed by atoms with van der Waals surface area (Å²) in [5.74, 6) is 0.880. The Balaban J connectivity index is 2.23. The summed E-state index contributed by atoms with van der Waals surface area (Å²) in [7, 11) is -3.30. The minimum Gasteiger partial charge on any atom is -0.207 e. The molecule has 0 spiro atoms. The lowest BCUT2D eigenvalue weighted by molar-refractivity contribution is 0.281. The molecule has 2 rings (SSSR count). The monoisotopic (exact) mass is 281 g/mol. The summed E-state index contributed by atoms with van der Waals surface area (Å²) in [6, 6.07) is 7.32. The Morgan fingerprint density at radius 1 is 1.21 bits per heavy atom. The van der Waals surface area contributed by atoms with Crippen molar-refractivity contribution >= 4 is 10.0 Å². The van der Waals surface area contributed by atoms with Gasteiger partial charge in [0.2, 0.25) is 10.0 Å². The Bertz CT molecular complexity index is 520. The van der Waals surface area contributed by atoms with Crippen LogP contribution in [0.25, 0.3) is 0 Å². The van der Waals surface area contributed by atoms with Crippen LogP contribution in [0.3, 0.4) is 0 Å². The molecule has 0 bridgehead atoms. The van der Waals surface area contributed by atoms with Gasteiger partial charge in [0, 0.05) is 13.1 Å². The van der Waals surface area contributed by atoms with E-state index in [9.17, 15) is 8.42 Å². The fraction of sp³-hybridized carbons (Fsp3) is 0.600. The number of benzene rings is 1. The molecule has 1 saturated heterocycles. The van der Waals surface area contributed by atoms with Gasteiger partial charge in [-0.2, -0.15) is 4.31 Å². The van der Waals surface area contributed by atoms with E-state index in [2.05, 4.69) is 20.8 Å². The highest BCUT2D eigenvalue weighted by molar-refractivity contribution is 7.89. The molecule has 1 fully saturated rings. The fourth-order valence-corrected chi connectivity index (χ4v) is 4.14. The van der Waals surface area contributed by atoms with Crippen molar-refractivity contribution in [2.45, 2.75) is 44.4 Å². The van der Waals surface area contributed by atoms with Crippen LogP contribution in [0.1, 0.15) is 45.1 Å². The smallest absolute Gasteiger partial charge is 0.207 e. The maximum absolute atomic E-state index is 12.5. The second-order valence-electron chi connectivity index (χ2n) is 5.83. The molecule has 0 N–H and O–H groups in total. The lowest BCUT2D eigenvalue weighted by Crippen LogP contribution is -2.39. The number of hydrogen-bond acceptors (Lipinski definition) is 2. The van der Waals surface area contributed by atoms with E-state index in [0.717, 1.165) is 12.8 Å². The largest absolute Gasteiger partial charge is 0.243 e. The van der Waals surface area contributed by atoms with Crippen LogP contribution in [0.5, 0.6) is 0 Å². The number of hydrogen-bond donors (Lipinski definition) is 0. The molecule has 0 saturated carbocycles. The van der Waals surface area contributed by atoms with Crippen LogP contribution < -0.4 is 0 Å². The van der Waals surface area contributed by atoms with Crippen LogP contribution >= 0.6 is 0 Å². The van der Waals surface area contributed by atoms with Crippen molar-refractivity contribution < 1.29 is 8.42 Å². The van der Waals surface area contributed by atoms with E-state index in [-0.39, 0.29) is 0 Å². The summed E-state index contributed by atoms with van der Waals surface area (Å²) in [6.07, 6.45) is 2.09. The molecule has 0 aliphatic carbocycles. The molecule has 3 nitrogen and oxygen atoms in total. The molecule has 1 aromatic carbocycles. The first kappa shape index (κ1) is 14.5. The summed E-state index contributed by atoms with van der Waals surface area (Å²) < 4.78 is 26.7. The van der Waals surface area contributed by atoms with E-state index in [4.69, 9.17) is 0 Å². The van der Waals surface area contributed by atoms with Gasteiger partial charge in [-0.1, -0.05) is 32.9 Å². The minimum absolute atomic E-state index is 0.422. The topological polar surface area (TPSA) is 37.4 Å². The SMILES string of the molecule is CC(C)c1ccc(S(=O)(=O)N2CCC[C@@H](C)C2)cc1. The first-order valence-corrected chi connectivity index (χ1v) is 8.45. The molecule has 0 radical (unpaired) electrons. The van der Waals surface area contributed by atoms with Gasteiger partial charge in [-0.3, -0.25) is 0 Å². The fourth-order valence-electron chi connectivity index (χ4n) is 2.54. The maximum atomic E-state index is 12.5. The predicted molar refractivity (Wildman–Crippen MR) is 77.7 cm³/mol. The van der Waals surface area contributed by atoms with Crippen molar-refractivity contribution in [1.82, 2.24) is 4.31 Å². The van der Waals surface area contributed by atoms with E-state index in [1.165, 1.54) is 5.56 Å². The van der Waals surface area contributed by atoms with Crippen LogP contribution in [0, 0.1) is 5.92 Å². The molecule has 1 atom stereocenters. The molecule has 19 heavy (non-hydrogen) atoms. The van der Waals surface area contributed by atoms with Crippen molar-refractivity contribution in [3.63, 3.8) is 0 Å². The molecule has 1 aromatic rings. The van der Waals surface area contributed by atoms with Gasteiger partial charge in [0.1, 0.15) is 0 Å². The lowest BCUT2D eigenvalue weighted by atomic mass is 10.0. The van der Waals surface area contributed by atoms with E-state index < -0.39 is 10.0 Å². The maximum Gasteiger partial charge on any atom is 0.243 e. The number of sulfonamides is 1. The van der Waals surface area contributed by atoms with Gasteiger partial charge in [-0.25, -0.2) is 8.42 Å². The summed E-state index contributed by atoms with van der Waals surface area (Å²) in [4.78, 5) is 0.422. The summed E-state index contributed by atoms with van der Waals surface area (Å²) in [5.41, 5.74) is 1.17. The summed E-state index contributed by atoms with van der Waals surface area (Å²) >= 11 is 0. The van der Waals surface area contributed by atoms with Gasteiger partial charge in [0.05, 0.1) is 4.90 Å². The lowest BCUT2D eigenvalue weighted by Gasteiger charge is -2.30. The van der Waals surface area contributed by atoms with Gasteiger partial charge >= 0.3 is 0 Å². The van der Waals surface area contributed by atoms with Gasteiger partial charge in [-0.05, 0) is 42.4 Å². The molecule has 0 unspecified atom stereocenters. The van der Waals surface area contributed by atoms with Gasteiger partial charge in [-0.15, -0.1) is 0 Å². The normalized spacial score (nSPS) is 21.8. The van der Waals surface area contributed by atoms with Crippen molar-refractivity contribution in [1.29, 1.82) is 0 Å². The molecular formula is C15H23NO2S. The quantitative estimate of drug-likeness (QED) is 0.853. The van der Waals surface area contributed by atoms with Crippen molar-refractivity contribution in [3.05, 3.63) is 29.8 Å². The van der Waals surface area contributed by atoms with Crippen molar-refractivity contribution in [2.75, 3.05) is 13.1 Å². The molecule has 1 aliphatic heterocycles. The van der Waals surface area contributed by atoms with Gasteiger partial charge < -0.3 is 0 Å². The molecule has 1 heterocycles. The second kappa shape index (κ2) is 5.63. The van der Waals surface area contributed by atoms with E-state index in [1.54, 1.807) is 16.4 Å². The number of piperidine rings is 1. The van der Waals surface area contributed by atoms with Gasteiger partial charge in [0.25, 0.3) is 0 Å².